The van der Waals surface area contributed by atoms with E-state index in [0.29, 0.717) is 0 Å². The maximum atomic E-state index is 11.3. The maximum Gasteiger partial charge on any atom is 0.323 e. The molecule has 0 spiro atoms. The van der Waals surface area contributed by atoms with Crippen LogP contribution in [0.25, 0.3) is 11.0 Å². The molecule has 1 aliphatic rings. The van der Waals surface area contributed by atoms with Gasteiger partial charge in [-0.1, -0.05) is 19.3 Å². The van der Waals surface area contributed by atoms with Gasteiger partial charge < -0.3 is 15.3 Å². The molecule has 0 bridgehead atoms. The number of anilines is 1. The molecular weight excluding hydrogens is 306 g/mol. The zero-order valence-corrected chi connectivity index (χ0v) is 12.3. The molecule has 1 fully saturated rings. The van der Waals surface area contributed by atoms with Crippen LogP contribution in [0.4, 0.5) is 5.69 Å². The third-order valence-electron chi connectivity index (χ3n) is 3.91. The largest absolute Gasteiger partial charge is 0.384 e. The van der Waals surface area contributed by atoms with Crippen molar-refractivity contribution in [2.75, 3.05) is 11.9 Å². The number of rotatable bonds is 3. The number of nitrogens with one attached hydrogen (secondary N) is 3. The fourth-order valence-corrected chi connectivity index (χ4v) is 3.32. The number of aromatic amines is 2. The number of halogens is 1. The minimum Gasteiger partial charge on any atom is -0.384 e. The molecule has 1 aromatic carbocycles. The summed E-state index contributed by atoms with van der Waals surface area (Å²) in [6, 6.07) is 3.93. The second-order valence-corrected chi connectivity index (χ2v) is 6.20. The van der Waals surface area contributed by atoms with E-state index < -0.39 is 0 Å². The Morgan fingerprint density at radius 2 is 1.84 bits per heavy atom. The second kappa shape index (κ2) is 5.41. The highest BCUT2D eigenvalue weighted by atomic mass is 79.9. The summed E-state index contributed by atoms with van der Waals surface area (Å²) in [5.41, 5.74) is 2.57. The van der Waals surface area contributed by atoms with E-state index in [2.05, 4.69) is 31.2 Å². The minimum absolute atomic E-state index is 0.161. The highest BCUT2D eigenvalue weighted by Gasteiger charge is 2.13. The van der Waals surface area contributed by atoms with E-state index in [0.717, 1.165) is 33.7 Å². The van der Waals surface area contributed by atoms with Crippen LogP contribution < -0.4 is 11.0 Å². The van der Waals surface area contributed by atoms with E-state index in [9.17, 15) is 4.79 Å². The molecule has 5 heteroatoms. The van der Waals surface area contributed by atoms with Crippen molar-refractivity contribution in [2.45, 2.75) is 32.1 Å². The first-order chi connectivity index (χ1) is 9.22. The van der Waals surface area contributed by atoms with Gasteiger partial charge in [0.1, 0.15) is 0 Å². The molecule has 1 aliphatic carbocycles. The van der Waals surface area contributed by atoms with Gasteiger partial charge in [0, 0.05) is 11.0 Å². The Morgan fingerprint density at radius 3 is 2.58 bits per heavy atom. The topological polar surface area (TPSA) is 60.7 Å². The lowest BCUT2D eigenvalue weighted by molar-refractivity contribution is 0.373. The average molecular weight is 324 g/mol. The van der Waals surface area contributed by atoms with Crippen LogP contribution in [-0.4, -0.2) is 16.5 Å². The molecule has 0 saturated heterocycles. The van der Waals surface area contributed by atoms with Crippen LogP contribution >= 0.6 is 15.9 Å². The monoisotopic (exact) mass is 323 g/mol. The fraction of sp³-hybridized carbons (Fsp3) is 0.500. The number of hydrogen-bond acceptors (Lipinski definition) is 2. The molecule has 0 radical (unpaired) electrons. The molecule has 3 rings (SSSR count). The molecule has 0 aliphatic heterocycles. The van der Waals surface area contributed by atoms with Crippen LogP contribution in [0.2, 0.25) is 0 Å². The summed E-state index contributed by atoms with van der Waals surface area (Å²) in [6.07, 6.45) is 6.76. The first-order valence-electron chi connectivity index (χ1n) is 6.88. The first-order valence-corrected chi connectivity index (χ1v) is 7.67. The van der Waals surface area contributed by atoms with Crippen molar-refractivity contribution >= 4 is 32.7 Å². The first kappa shape index (κ1) is 12.8. The number of hydrogen-bond donors (Lipinski definition) is 3. The Labute approximate surface area is 120 Å². The molecule has 102 valence electrons. The van der Waals surface area contributed by atoms with Gasteiger partial charge in [-0.2, -0.15) is 0 Å². The van der Waals surface area contributed by atoms with Crippen molar-refractivity contribution in [3.63, 3.8) is 0 Å². The summed E-state index contributed by atoms with van der Waals surface area (Å²) >= 11 is 3.55. The highest BCUT2D eigenvalue weighted by Crippen LogP contribution is 2.28. The predicted molar refractivity (Wildman–Crippen MR) is 81.7 cm³/mol. The van der Waals surface area contributed by atoms with E-state index in [1.807, 2.05) is 12.1 Å². The number of imidazole rings is 1. The van der Waals surface area contributed by atoms with Crippen molar-refractivity contribution in [1.82, 2.24) is 9.97 Å². The van der Waals surface area contributed by atoms with Gasteiger partial charge >= 0.3 is 5.69 Å². The Kier molecular flexibility index (Phi) is 3.64. The number of benzene rings is 1. The third-order valence-corrected chi connectivity index (χ3v) is 4.57. The van der Waals surface area contributed by atoms with Crippen LogP contribution in [0.15, 0.2) is 21.4 Å². The quantitative estimate of drug-likeness (QED) is 0.808. The van der Waals surface area contributed by atoms with Crippen molar-refractivity contribution in [2.24, 2.45) is 5.92 Å². The van der Waals surface area contributed by atoms with E-state index in [1.54, 1.807) is 0 Å². The lowest BCUT2D eigenvalue weighted by atomic mass is 9.89. The summed E-state index contributed by atoms with van der Waals surface area (Å²) in [6.45, 7) is 1.01. The number of aromatic nitrogens is 2. The summed E-state index contributed by atoms with van der Waals surface area (Å²) < 4.78 is 0.992. The molecule has 19 heavy (non-hydrogen) atoms. The normalized spacial score (nSPS) is 16.9. The predicted octanol–water partition coefficient (Wildman–Crippen LogP) is 3.61. The summed E-state index contributed by atoms with van der Waals surface area (Å²) in [5.74, 6) is 0.779. The maximum absolute atomic E-state index is 11.3. The highest BCUT2D eigenvalue weighted by molar-refractivity contribution is 9.10. The zero-order valence-electron chi connectivity index (χ0n) is 10.8. The molecule has 1 saturated carbocycles. The summed E-state index contributed by atoms with van der Waals surface area (Å²) in [4.78, 5) is 16.8. The molecule has 1 aromatic heterocycles. The van der Waals surface area contributed by atoms with E-state index in [-0.39, 0.29) is 5.69 Å². The molecule has 0 amide bonds. The van der Waals surface area contributed by atoms with Gasteiger partial charge in [-0.3, -0.25) is 0 Å². The Balaban J connectivity index is 1.76. The Morgan fingerprint density at radius 1 is 1.16 bits per heavy atom. The SMILES string of the molecule is O=c1[nH]c2cc(Br)c(NCC3CCCCC3)cc2[nH]1. The van der Waals surface area contributed by atoms with E-state index in [4.69, 9.17) is 0 Å². The third kappa shape index (κ3) is 2.86. The lowest BCUT2D eigenvalue weighted by Crippen LogP contribution is -2.17. The van der Waals surface area contributed by atoms with Crippen molar-refractivity contribution in [3.8, 4) is 0 Å². The van der Waals surface area contributed by atoms with Gasteiger partial charge in [0.25, 0.3) is 0 Å². The molecule has 0 unspecified atom stereocenters. The average Bonchev–Trinajstić information content (AvgIpc) is 2.76. The molecule has 2 aromatic rings. The van der Waals surface area contributed by atoms with Crippen LogP contribution in [0.3, 0.4) is 0 Å². The molecule has 4 nitrogen and oxygen atoms in total. The molecule has 3 N–H and O–H groups in total. The van der Waals surface area contributed by atoms with Gasteiger partial charge in [0.05, 0.1) is 16.7 Å². The Bertz CT molecular complexity index is 625. The molecule has 0 atom stereocenters. The zero-order chi connectivity index (χ0) is 13.2. The van der Waals surface area contributed by atoms with Crippen LogP contribution in [0.5, 0.6) is 0 Å². The fourth-order valence-electron chi connectivity index (χ4n) is 2.84. The van der Waals surface area contributed by atoms with Crippen LogP contribution in [0.1, 0.15) is 32.1 Å². The molecular formula is C14H18BrN3O. The van der Waals surface area contributed by atoms with Crippen LogP contribution in [0, 0.1) is 5.92 Å². The Hall–Kier alpha value is -1.23. The van der Waals surface area contributed by atoms with E-state index >= 15 is 0 Å². The van der Waals surface area contributed by atoms with Crippen LogP contribution in [-0.2, 0) is 0 Å². The van der Waals surface area contributed by atoms with Gasteiger partial charge in [0.15, 0.2) is 0 Å². The number of fused-ring (bicyclic) bond motifs is 1. The smallest absolute Gasteiger partial charge is 0.323 e. The minimum atomic E-state index is -0.161. The van der Waals surface area contributed by atoms with Gasteiger partial charge in [0.2, 0.25) is 0 Å². The van der Waals surface area contributed by atoms with Gasteiger partial charge in [-0.15, -0.1) is 0 Å². The summed E-state index contributed by atoms with van der Waals surface area (Å²) in [7, 11) is 0. The van der Waals surface area contributed by atoms with Gasteiger partial charge in [-0.25, -0.2) is 4.79 Å². The van der Waals surface area contributed by atoms with Crippen molar-refractivity contribution in [1.29, 1.82) is 0 Å². The number of H-pyrrole nitrogens is 2. The van der Waals surface area contributed by atoms with E-state index in [1.165, 1.54) is 32.1 Å². The summed E-state index contributed by atoms with van der Waals surface area (Å²) in [5, 5.41) is 3.50. The lowest BCUT2D eigenvalue weighted by Gasteiger charge is -2.22. The van der Waals surface area contributed by atoms with Crippen molar-refractivity contribution in [3.05, 3.63) is 27.1 Å². The van der Waals surface area contributed by atoms with Crippen molar-refractivity contribution < 1.29 is 0 Å². The standard InChI is InChI=1S/C14H18BrN3O/c15-10-6-12-13(18-14(19)17-12)7-11(10)16-8-9-4-2-1-3-5-9/h6-7,9,16H,1-5,8H2,(H2,17,18,19). The second-order valence-electron chi connectivity index (χ2n) is 5.34. The van der Waals surface area contributed by atoms with Gasteiger partial charge in [-0.05, 0) is 46.8 Å². The molecule has 1 heterocycles.